The minimum absolute atomic E-state index is 0. The molecule has 1 aliphatic rings. The van der Waals surface area contributed by atoms with Gasteiger partial charge in [-0.15, -0.1) is 35.1 Å². The van der Waals surface area contributed by atoms with Crippen LogP contribution >= 0.6 is 35.1 Å². The molecule has 0 radical (unpaired) electrons. The fourth-order valence-electron chi connectivity index (χ4n) is 2.69. The molecule has 0 bridgehead atoms. The van der Waals surface area contributed by atoms with Gasteiger partial charge in [0, 0.05) is 23.7 Å². The van der Waals surface area contributed by atoms with Crippen LogP contribution in [-0.2, 0) is 9.59 Å². The predicted octanol–water partition coefficient (Wildman–Crippen LogP) is 2.59. The molecule has 1 saturated heterocycles. The molecule has 1 fully saturated rings. The van der Waals surface area contributed by atoms with Crippen molar-refractivity contribution < 1.29 is 9.59 Å². The zero-order valence-corrected chi connectivity index (χ0v) is 16.4. The molecule has 2 aromatic heterocycles. The smallest absolute Gasteiger partial charge is 0.234 e. The summed E-state index contributed by atoms with van der Waals surface area (Å²) in [6.45, 7) is 4.95. The predicted molar refractivity (Wildman–Crippen MR) is 103 cm³/mol. The van der Waals surface area contributed by atoms with Crippen molar-refractivity contribution in [2.24, 2.45) is 5.41 Å². The maximum Gasteiger partial charge on any atom is 0.234 e. The van der Waals surface area contributed by atoms with E-state index in [9.17, 15) is 9.59 Å². The molecule has 1 aliphatic heterocycles. The van der Waals surface area contributed by atoms with E-state index in [4.69, 9.17) is 0 Å². The van der Waals surface area contributed by atoms with Crippen LogP contribution in [0.25, 0.3) is 0 Å². The lowest BCUT2D eigenvalue weighted by Crippen LogP contribution is -2.41. The highest BCUT2D eigenvalue weighted by Gasteiger charge is 2.43. The quantitative estimate of drug-likeness (QED) is 0.715. The molecule has 10 heteroatoms. The lowest BCUT2D eigenvalue weighted by Gasteiger charge is -2.25. The molecule has 25 heavy (non-hydrogen) atoms. The maximum atomic E-state index is 12.8. The van der Waals surface area contributed by atoms with Crippen LogP contribution in [0.1, 0.15) is 24.2 Å². The van der Waals surface area contributed by atoms with E-state index in [0.717, 1.165) is 11.4 Å². The van der Waals surface area contributed by atoms with Gasteiger partial charge in [-0.1, -0.05) is 0 Å². The number of carbonyl (C=O) groups is 2. The van der Waals surface area contributed by atoms with Crippen molar-refractivity contribution in [1.29, 1.82) is 0 Å². The highest BCUT2D eigenvalue weighted by atomic mass is 35.5. The summed E-state index contributed by atoms with van der Waals surface area (Å²) >= 11 is 2.77. The standard InChI is InChI=1S/C15H19N5O2S2.ClH/c1-9-6-23-13(17-9)19-11(21)5-15(3-4-16-8-15)12(22)20-14-18-10(2)7-24-14;/h6-7,16H,3-5,8H2,1-2H3,(H,17,19,21)(H,18,20,22);1H. The average Bonchev–Trinajstić information content (AvgIpc) is 3.23. The second kappa shape index (κ2) is 8.22. The average molecular weight is 402 g/mol. The van der Waals surface area contributed by atoms with E-state index in [1.807, 2.05) is 24.6 Å². The minimum atomic E-state index is -0.754. The number of nitrogens with one attached hydrogen (secondary N) is 3. The number of aromatic nitrogens is 2. The molecule has 7 nitrogen and oxygen atoms in total. The Morgan fingerprint density at radius 1 is 1.16 bits per heavy atom. The largest absolute Gasteiger partial charge is 0.316 e. The number of hydrogen-bond acceptors (Lipinski definition) is 7. The summed E-state index contributed by atoms with van der Waals surface area (Å²) in [7, 11) is 0. The van der Waals surface area contributed by atoms with Gasteiger partial charge in [0.1, 0.15) is 0 Å². The van der Waals surface area contributed by atoms with Crippen LogP contribution in [0.2, 0.25) is 0 Å². The van der Waals surface area contributed by atoms with E-state index < -0.39 is 5.41 Å². The number of nitrogens with zero attached hydrogens (tertiary/aromatic N) is 2. The second-order valence-corrected chi connectivity index (χ2v) is 7.69. The minimum Gasteiger partial charge on any atom is -0.316 e. The molecule has 3 heterocycles. The first-order valence-electron chi connectivity index (χ1n) is 7.63. The number of aryl methyl sites for hydroxylation is 2. The van der Waals surface area contributed by atoms with E-state index >= 15 is 0 Å². The number of amides is 2. The molecular formula is C15H20ClN5O2S2. The number of halogens is 1. The molecule has 136 valence electrons. The van der Waals surface area contributed by atoms with E-state index in [0.29, 0.717) is 29.8 Å². The zero-order chi connectivity index (χ0) is 17.2. The second-order valence-electron chi connectivity index (χ2n) is 5.97. The zero-order valence-electron chi connectivity index (χ0n) is 13.9. The summed E-state index contributed by atoms with van der Waals surface area (Å²) in [4.78, 5) is 33.6. The van der Waals surface area contributed by atoms with Crippen molar-refractivity contribution in [3.8, 4) is 0 Å². The third-order valence-corrected chi connectivity index (χ3v) is 5.68. The van der Waals surface area contributed by atoms with Crippen molar-refractivity contribution in [2.45, 2.75) is 26.7 Å². The summed E-state index contributed by atoms with van der Waals surface area (Å²) in [5, 5.41) is 13.7. The number of carbonyl (C=O) groups excluding carboxylic acids is 2. The van der Waals surface area contributed by atoms with Gasteiger partial charge >= 0.3 is 0 Å². The molecule has 0 aliphatic carbocycles. The summed E-state index contributed by atoms with van der Waals surface area (Å²) < 4.78 is 0. The van der Waals surface area contributed by atoms with Crippen molar-refractivity contribution >= 4 is 57.2 Å². The van der Waals surface area contributed by atoms with Crippen LogP contribution < -0.4 is 16.0 Å². The first kappa shape index (κ1) is 19.8. The van der Waals surface area contributed by atoms with Crippen LogP contribution in [0, 0.1) is 19.3 Å². The number of rotatable bonds is 5. The fraction of sp³-hybridized carbons (Fsp3) is 0.467. The Bertz CT molecular complexity index is 755. The van der Waals surface area contributed by atoms with Crippen molar-refractivity contribution in [3.05, 3.63) is 22.1 Å². The molecule has 0 saturated carbocycles. The highest BCUT2D eigenvalue weighted by molar-refractivity contribution is 7.14. The van der Waals surface area contributed by atoms with E-state index in [-0.39, 0.29) is 30.6 Å². The van der Waals surface area contributed by atoms with Crippen molar-refractivity contribution in [3.63, 3.8) is 0 Å². The Morgan fingerprint density at radius 2 is 1.76 bits per heavy atom. The topological polar surface area (TPSA) is 96.0 Å². The monoisotopic (exact) mass is 401 g/mol. The number of thiazole rings is 2. The first-order chi connectivity index (χ1) is 11.5. The molecule has 0 aromatic carbocycles. The highest BCUT2D eigenvalue weighted by Crippen LogP contribution is 2.32. The Kier molecular flexibility index (Phi) is 6.50. The van der Waals surface area contributed by atoms with Gasteiger partial charge in [-0.3, -0.25) is 9.59 Å². The fourth-order valence-corrected chi connectivity index (χ4v) is 4.08. The van der Waals surface area contributed by atoms with E-state index in [2.05, 4.69) is 25.9 Å². The molecular weight excluding hydrogens is 382 g/mol. The van der Waals surface area contributed by atoms with Crippen molar-refractivity contribution in [1.82, 2.24) is 15.3 Å². The van der Waals surface area contributed by atoms with Gasteiger partial charge in [-0.2, -0.15) is 0 Å². The van der Waals surface area contributed by atoms with Crippen molar-refractivity contribution in [2.75, 3.05) is 23.7 Å². The van der Waals surface area contributed by atoms with Gasteiger partial charge in [0.15, 0.2) is 10.3 Å². The third kappa shape index (κ3) is 4.75. The van der Waals surface area contributed by atoms with Crippen LogP contribution in [0.3, 0.4) is 0 Å². The summed E-state index contributed by atoms with van der Waals surface area (Å²) in [5.41, 5.74) is 0.978. The van der Waals surface area contributed by atoms with Gasteiger partial charge < -0.3 is 16.0 Å². The Balaban J connectivity index is 0.00000225. The van der Waals surface area contributed by atoms with Crippen LogP contribution in [0.4, 0.5) is 10.3 Å². The first-order valence-corrected chi connectivity index (χ1v) is 9.39. The molecule has 0 spiro atoms. The molecule has 1 atom stereocenters. The molecule has 3 rings (SSSR count). The van der Waals surface area contributed by atoms with Gasteiger partial charge in [-0.25, -0.2) is 9.97 Å². The van der Waals surface area contributed by atoms with E-state index in [1.165, 1.54) is 22.7 Å². The Morgan fingerprint density at radius 3 is 2.24 bits per heavy atom. The van der Waals surface area contributed by atoms with Gasteiger partial charge in [0.2, 0.25) is 11.8 Å². The third-order valence-electron chi connectivity index (χ3n) is 3.93. The maximum absolute atomic E-state index is 12.8. The SMILES string of the molecule is Cc1csc(NC(=O)CC2(C(=O)Nc3nc(C)cs3)CCNC2)n1.Cl. The van der Waals surface area contributed by atoms with E-state index in [1.54, 1.807) is 0 Å². The lowest BCUT2D eigenvalue weighted by molar-refractivity contribution is -0.129. The van der Waals surface area contributed by atoms with Crippen LogP contribution in [0.5, 0.6) is 0 Å². The van der Waals surface area contributed by atoms with Gasteiger partial charge in [0.25, 0.3) is 0 Å². The molecule has 2 aromatic rings. The molecule has 3 N–H and O–H groups in total. The number of hydrogen-bond donors (Lipinski definition) is 3. The lowest BCUT2D eigenvalue weighted by atomic mass is 9.82. The Labute approximate surface area is 160 Å². The number of anilines is 2. The molecule has 1 unspecified atom stereocenters. The van der Waals surface area contributed by atoms with Gasteiger partial charge in [-0.05, 0) is 26.8 Å². The normalized spacial score (nSPS) is 19.3. The van der Waals surface area contributed by atoms with Gasteiger partial charge in [0.05, 0.1) is 16.8 Å². The molecule has 2 amide bonds. The van der Waals surface area contributed by atoms with Crippen LogP contribution in [-0.4, -0.2) is 34.9 Å². The Hall–Kier alpha value is -1.55. The van der Waals surface area contributed by atoms with Crippen LogP contribution in [0.15, 0.2) is 10.8 Å². The summed E-state index contributed by atoms with van der Waals surface area (Å²) in [5.74, 6) is -0.356. The summed E-state index contributed by atoms with van der Waals surface area (Å²) in [6.07, 6.45) is 0.738. The summed E-state index contributed by atoms with van der Waals surface area (Å²) in [6, 6.07) is 0.